The van der Waals surface area contributed by atoms with Gasteiger partial charge in [0.05, 0.1) is 6.61 Å². The maximum atomic E-state index is 9.90. The number of benzene rings is 1. The first-order valence-corrected chi connectivity index (χ1v) is 6.77. The van der Waals surface area contributed by atoms with E-state index in [1.165, 1.54) is 10.5 Å². The van der Waals surface area contributed by atoms with Crippen molar-refractivity contribution in [3.63, 3.8) is 0 Å². The summed E-state index contributed by atoms with van der Waals surface area (Å²) >= 11 is 1.77. The Morgan fingerprint density at radius 3 is 2.56 bits per heavy atom. The monoisotopic (exact) mass is 238 g/mol. The van der Waals surface area contributed by atoms with Gasteiger partial charge < -0.3 is 4.74 Å². The number of hydrogen-bond donors (Lipinski definition) is 0. The van der Waals surface area contributed by atoms with Crippen LogP contribution in [0.3, 0.4) is 0 Å². The molecule has 3 heteroatoms. The second-order valence-electron chi connectivity index (χ2n) is 3.63. The van der Waals surface area contributed by atoms with Crippen LogP contribution in [0.5, 0.6) is 0 Å². The third-order valence-corrected chi connectivity index (χ3v) is 3.20. The van der Waals surface area contributed by atoms with Gasteiger partial charge in [-0.15, -0.1) is 11.8 Å². The standard InChI is InChI=1S/C13H18O2S/c1-16-13-8-6-12(7-9-13)5-3-2-4-10-15-11-14/h6-9,11H,2-5,10H2,1H3. The summed E-state index contributed by atoms with van der Waals surface area (Å²) in [5.41, 5.74) is 1.38. The number of rotatable bonds is 8. The van der Waals surface area contributed by atoms with E-state index in [0.717, 1.165) is 25.7 Å². The van der Waals surface area contributed by atoms with Crippen LogP contribution < -0.4 is 0 Å². The summed E-state index contributed by atoms with van der Waals surface area (Å²) in [7, 11) is 0. The Balaban J connectivity index is 2.14. The minimum atomic E-state index is 0.515. The summed E-state index contributed by atoms with van der Waals surface area (Å²) in [5.74, 6) is 0. The fraction of sp³-hybridized carbons (Fsp3) is 0.462. The van der Waals surface area contributed by atoms with Gasteiger partial charge in [-0.25, -0.2) is 0 Å². The molecule has 0 unspecified atom stereocenters. The van der Waals surface area contributed by atoms with E-state index in [1.807, 2.05) is 0 Å². The number of carbonyl (C=O) groups excluding carboxylic acids is 1. The normalized spacial score (nSPS) is 10.1. The van der Waals surface area contributed by atoms with Gasteiger partial charge >= 0.3 is 0 Å². The van der Waals surface area contributed by atoms with Crippen LogP contribution in [0.4, 0.5) is 0 Å². The van der Waals surface area contributed by atoms with E-state index in [2.05, 4.69) is 35.3 Å². The SMILES string of the molecule is CSc1ccc(CCCCCOC=O)cc1. The highest BCUT2D eigenvalue weighted by molar-refractivity contribution is 7.98. The molecule has 16 heavy (non-hydrogen) atoms. The number of carbonyl (C=O) groups is 1. The van der Waals surface area contributed by atoms with E-state index < -0.39 is 0 Å². The molecule has 88 valence electrons. The third kappa shape index (κ3) is 5.21. The van der Waals surface area contributed by atoms with Crippen molar-refractivity contribution in [2.24, 2.45) is 0 Å². The summed E-state index contributed by atoms with van der Waals surface area (Å²) in [4.78, 5) is 11.2. The zero-order chi connectivity index (χ0) is 11.6. The highest BCUT2D eigenvalue weighted by Crippen LogP contribution is 2.16. The Morgan fingerprint density at radius 1 is 1.19 bits per heavy atom. The molecule has 0 bridgehead atoms. The highest BCUT2D eigenvalue weighted by atomic mass is 32.2. The van der Waals surface area contributed by atoms with Crippen LogP contribution in [0.15, 0.2) is 29.2 Å². The summed E-state index contributed by atoms with van der Waals surface area (Å²) < 4.78 is 4.63. The van der Waals surface area contributed by atoms with Crippen molar-refractivity contribution in [1.29, 1.82) is 0 Å². The topological polar surface area (TPSA) is 26.3 Å². The molecule has 0 aliphatic carbocycles. The van der Waals surface area contributed by atoms with Gasteiger partial charge in [-0.05, 0) is 49.6 Å². The van der Waals surface area contributed by atoms with Crippen LogP contribution >= 0.6 is 11.8 Å². The molecular weight excluding hydrogens is 220 g/mol. The zero-order valence-corrected chi connectivity index (χ0v) is 10.5. The Morgan fingerprint density at radius 2 is 1.94 bits per heavy atom. The molecule has 0 atom stereocenters. The molecule has 1 aromatic rings. The minimum Gasteiger partial charge on any atom is -0.468 e. The summed E-state index contributed by atoms with van der Waals surface area (Å²) in [6, 6.07) is 8.70. The van der Waals surface area contributed by atoms with Gasteiger partial charge in [-0.3, -0.25) is 4.79 Å². The largest absolute Gasteiger partial charge is 0.468 e. The Kier molecular flexibility index (Phi) is 6.74. The quantitative estimate of drug-likeness (QED) is 0.395. The van der Waals surface area contributed by atoms with Crippen LogP contribution in [0.25, 0.3) is 0 Å². The van der Waals surface area contributed by atoms with Crippen LogP contribution in [-0.2, 0) is 16.0 Å². The van der Waals surface area contributed by atoms with E-state index >= 15 is 0 Å². The molecule has 0 saturated heterocycles. The van der Waals surface area contributed by atoms with E-state index in [9.17, 15) is 4.79 Å². The lowest BCUT2D eigenvalue weighted by Crippen LogP contribution is -1.92. The third-order valence-electron chi connectivity index (χ3n) is 2.45. The maximum Gasteiger partial charge on any atom is 0.293 e. The number of hydrogen-bond acceptors (Lipinski definition) is 3. The number of aryl methyl sites for hydroxylation is 1. The van der Waals surface area contributed by atoms with Crippen LogP contribution in [0, 0.1) is 0 Å². The van der Waals surface area contributed by atoms with Gasteiger partial charge in [0.1, 0.15) is 0 Å². The lowest BCUT2D eigenvalue weighted by Gasteiger charge is -2.02. The summed E-state index contributed by atoms with van der Waals surface area (Å²) in [6.07, 6.45) is 6.42. The average Bonchev–Trinajstić information content (AvgIpc) is 2.34. The molecule has 1 aromatic carbocycles. The lowest BCUT2D eigenvalue weighted by molar-refractivity contribution is -0.128. The summed E-state index contributed by atoms with van der Waals surface area (Å²) in [6.45, 7) is 1.07. The molecule has 0 amide bonds. The van der Waals surface area contributed by atoms with Crippen molar-refractivity contribution >= 4 is 18.2 Å². The van der Waals surface area contributed by atoms with Crippen molar-refractivity contribution in [2.45, 2.75) is 30.6 Å². The predicted octanol–water partition coefficient (Wildman–Crippen LogP) is 3.29. The smallest absolute Gasteiger partial charge is 0.293 e. The van der Waals surface area contributed by atoms with Crippen molar-refractivity contribution in [3.8, 4) is 0 Å². The highest BCUT2D eigenvalue weighted by Gasteiger charge is 1.95. The molecular formula is C13H18O2S. The Labute approximate surface area is 101 Å². The molecule has 0 saturated carbocycles. The van der Waals surface area contributed by atoms with Gasteiger partial charge in [0.15, 0.2) is 0 Å². The van der Waals surface area contributed by atoms with E-state index in [-0.39, 0.29) is 0 Å². The molecule has 1 rings (SSSR count). The van der Waals surface area contributed by atoms with Gasteiger partial charge in [-0.1, -0.05) is 12.1 Å². The van der Waals surface area contributed by atoms with Gasteiger partial charge in [-0.2, -0.15) is 0 Å². The predicted molar refractivity (Wildman–Crippen MR) is 67.8 cm³/mol. The zero-order valence-electron chi connectivity index (χ0n) is 9.65. The van der Waals surface area contributed by atoms with Crippen LogP contribution in [0.2, 0.25) is 0 Å². The molecule has 0 aliphatic rings. The number of ether oxygens (including phenoxy) is 1. The molecule has 0 aliphatic heterocycles. The second-order valence-corrected chi connectivity index (χ2v) is 4.51. The minimum absolute atomic E-state index is 0.515. The van der Waals surface area contributed by atoms with Crippen molar-refractivity contribution in [2.75, 3.05) is 12.9 Å². The molecule has 0 radical (unpaired) electrons. The fourth-order valence-corrected chi connectivity index (χ4v) is 1.94. The van der Waals surface area contributed by atoms with Gasteiger partial charge in [0, 0.05) is 4.90 Å². The first-order chi connectivity index (χ1) is 7.86. The number of thioether (sulfide) groups is 1. The first-order valence-electron chi connectivity index (χ1n) is 5.55. The maximum absolute atomic E-state index is 9.90. The van der Waals surface area contributed by atoms with E-state index in [4.69, 9.17) is 0 Å². The molecule has 0 fully saturated rings. The Hall–Kier alpha value is -0.960. The van der Waals surface area contributed by atoms with Crippen molar-refractivity contribution in [1.82, 2.24) is 0 Å². The molecule has 0 spiro atoms. The second kappa shape index (κ2) is 8.22. The number of unbranched alkanes of at least 4 members (excludes halogenated alkanes) is 2. The molecule has 0 heterocycles. The van der Waals surface area contributed by atoms with Gasteiger partial charge in [0.2, 0.25) is 0 Å². The molecule has 2 nitrogen and oxygen atoms in total. The summed E-state index contributed by atoms with van der Waals surface area (Å²) in [5, 5.41) is 0. The average molecular weight is 238 g/mol. The lowest BCUT2D eigenvalue weighted by atomic mass is 10.1. The Bertz CT molecular complexity index is 295. The van der Waals surface area contributed by atoms with Crippen LogP contribution in [0.1, 0.15) is 24.8 Å². The first kappa shape index (κ1) is 13.1. The van der Waals surface area contributed by atoms with E-state index in [1.54, 1.807) is 11.8 Å². The molecule has 0 aromatic heterocycles. The van der Waals surface area contributed by atoms with Crippen molar-refractivity contribution < 1.29 is 9.53 Å². The fourth-order valence-electron chi connectivity index (χ4n) is 1.53. The van der Waals surface area contributed by atoms with Gasteiger partial charge in [0.25, 0.3) is 6.47 Å². The van der Waals surface area contributed by atoms with Crippen LogP contribution in [-0.4, -0.2) is 19.3 Å². The molecule has 0 N–H and O–H groups in total. The van der Waals surface area contributed by atoms with Crippen molar-refractivity contribution in [3.05, 3.63) is 29.8 Å². The van der Waals surface area contributed by atoms with E-state index in [0.29, 0.717) is 13.1 Å².